The van der Waals surface area contributed by atoms with E-state index in [1.54, 1.807) is 4.68 Å². The highest BCUT2D eigenvalue weighted by Crippen LogP contribution is 2.18. The molecule has 0 aliphatic carbocycles. The van der Waals surface area contributed by atoms with Crippen molar-refractivity contribution in [3.8, 4) is 0 Å². The number of rotatable bonds is 6. The molecule has 1 N–H and O–H groups in total. The summed E-state index contributed by atoms with van der Waals surface area (Å²) >= 11 is 0. The van der Waals surface area contributed by atoms with E-state index in [-0.39, 0.29) is 11.8 Å². The van der Waals surface area contributed by atoms with Crippen molar-refractivity contribution in [1.29, 1.82) is 0 Å². The van der Waals surface area contributed by atoms with Crippen LogP contribution < -0.4 is 0 Å². The second kappa shape index (κ2) is 6.14. The minimum absolute atomic E-state index is 0.0843. The minimum Gasteiger partial charge on any atom is -0.476 e. The zero-order valence-electron chi connectivity index (χ0n) is 11.5. The van der Waals surface area contributed by atoms with Gasteiger partial charge in [-0.3, -0.25) is 0 Å². The molecule has 2 heterocycles. The molecular formula is C13H21N3O3. The van der Waals surface area contributed by atoms with Crippen molar-refractivity contribution >= 4 is 5.97 Å². The van der Waals surface area contributed by atoms with Crippen molar-refractivity contribution in [2.24, 2.45) is 5.92 Å². The monoisotopic (exact) mass is 267 g/mol. The van der Waals surface area contributed by atoms with E-state index in [0.29, 0.717) is 18.9 Å². The molecule has 6 heteroatoms. The fourth-order valence-electron chi connectivity index (χ4n) is 2.41. The van der Waals surface area contributed by atoms with E-state index >= 15 is 0 Å². The summed E-state index contributed by atoms with van der Waals surface area (Å²) in [5.41, 5.74) is 0.807. The lowest BCUT2D eigenvalue weighted by Gasteiger charge is -2.12. The molecule has 1 unspecified atom stereocenters. The first-order chi connectivity index (χ1) is 9.08. The fraction of sp³-hybridized carbons (Fsp3) is 0.769. The average Bonchev–Trinajstić information content (AvgIpc) is 2.94. The third-order valence-electron chi connectivity index (χ3n) is 3.33. The number of aromatic carboxylic acids is 1. The molecule has 6 nitrogen and oxygen atoms in total. The average molecular weight is 267 g/mol. The first-order valence-corrected chi connectivity index (χ1v) is 6.85. The predicted molar refractivity (Wildman–Crippen MR) is 69.1 cm³/mol. The van der Waals surface area contributed by atoms with Gasteiger partial charge < -0.3 is 9.84 Å². The maximum atomic E-state index is 11.1. The maximum Gasteiger partial charge on any atom is 0.358 e. The van der Waals surface area contributed by atoms with Crippen LogP contribution in [0.3, 0.4) is 0 Å². The number of carbonyl (C=O) groups is 1. The topological polar surface area (TPSA) is 77.2 Å². The molecule has 1 fully saturated rings. The van der Waals surface area contributed by atoms with Gasteiger partial charge in [0.25, 0.3) is 0 Å². The van der Waals surface area contributed by atoms with E-state index in [1.807, 2.05) is 0 Å². The molecule has 0 spiro atoms. The van der Waals surface area contributed by atoms with E-state index in [4.69, 9.17) is 9.84 Å². The Morgan fingerprint density at radius 1 is 1.58 bits per heavy atom. The molecule has 0 aromatic carbocycles. The molecule has 19 heavy (non-hydrogen) atoms. The summed E-state index contributed by atoms with van der Waals surface area (Å²) < 4.78 is 7.30. The second-order valence-corrected chi connectivity index (χ2v) is 5.43. The van der Waals surface area contributed by atoms with Gasteiger partial charge >= 0.3 is 5.97 Å². The van der Waals surface area contributed by atoms with Crippen molar-refractivity contribution in [2.75, 3.05) is 6.61 Å². The van der Waals surface area contributed by atoms with E-state index in [9.17, 15) is 4.79 Å². The van der Waals surface area contributed by atoms with Crippen LogP contribution in [0.25, 0.3) is 0 Å². The third kappa shape index (κ3) is 3.53. The Kier molecular flexibility index (Phi) is 4.52. The van der Waals surface area contributed by atoms with Crippen molar-refractivity contribution in [1.82, 2.24) is 15.0 Å². The maximum absolute atomic E-state index is 11.1. The summed E-state index contributed by atoms with van der Waals surface area (Å²) in [6.45, 7) is 5.63. The number of aryl methyl sites for hydroxylation is 1. The van der Waals surface area contributed by atoms with E-state index in [2.05, 4.69) is 24.2 Å². The van der Waals surface area contributed by atoms with Gasteiger partial charge in [-0.25, -0.2) is 9.48 Å². The smallest absolute Gasteiger partial charge is 0.358 e. The van der Waals surface area contributed by atoms with Crippen LogP contribution in [0.1, 0.15) is 49.3 Å². The number of carboxylic acids is 1. The van der Waals surface area contributed by atoms with Crippen LogP contribution in [-0.4, -0.2) is 38.8 Å². The number of nitrogens with zero attached hydrogens (tertiary/aromatic N) is 3. The Balaban J connectivity index is 2.07. The Hall–Kier alpha value is -1.43. The van der Waals surface area contributed by atoms with Gasteiger partial charge in [0.2, 0.25) is 0 Å². The van der Waals surface area contributed by atoms with E-state index in [0.717, 1.165) is 31.6 Å². The molecule has 1 aliphatic rings. The Bertz CT molecular complexity index is 436. The van der Waals surface area contributed by atoms with Gasteiger partial charge in [0.15, 0.2) is 5.69 Å². The number of aromatic nitrogens is 3. The quantitative estimate of drug-likeness (QED) is 0.849. The summed E-state index contributed by atoms with van der Waals surface area (Å²) in [5.74, 6) is -0.628. The largest absolute Gasteiger partial charge is 0.476 e. The molecule has 0 saturated carbocycles. The molecule has 1 aromatic rings. The summed E-state index contributed by atoms with van der Waals surface area (Å²) in [4.78, 5) is 11.1. The van der Waals surface area contributed by atoms with Crippen molar-refractivity contribution in [3.05, 3.63) is 11.4 Å². The van der Waals surface area contributed by atoms with Crippen molar-refractivity contribution in [3.63, 3.8) is 0 Å². The van der Waals surface area contributed by atoms with Gasteiger partial charge in [-0.2, -0.15) is 0 Å². The zero-order valence-corrected chi connectivity index (χ0v) is 11.5. The minimum atomic E-state index is -1.00. The standard InChI is InChI=1S/C13H21N3O3/c1-9(2)8-11-12(13(17)18)14-15-16(11)6-5-10-4-3-7-19-10/h9-10H,3-8H2,1-2H3,(H,17,18). The third-order valence-corrected chi connectivity index (χ3v) is 3.33. The van der Waals surface area contributed by atoms with Gasteiger partial charge in [-0.15, -0.1) is 5.10 Å². The molecule has 1 saturated heterocycles. The number of carboxylic acid groups (broad SMARTS) is 1. The Morgan fingerprint density at radius 3 is 2.95 bits per heavy atom. The number of hydrogen-bond acceptors (Lipinski definition) is 4. The molecule has 1 atom stereocenters. The second-order valence-electron chi connectivity index (χ2n) is 5.43. The van der Waals surface area contributed by atoms with Gasteiger partial charge in [0.1, 0.15) is 0 Å². The van der Waals surface area contributed by atoms with Crippen LogP contribution in [0.2, 0.25) is 0 Å². The van der Waals surface area contributed by atoms with Gasteiger partial charge in [-0.05, 0) is 31.6 Å². The van der Waals surface area contributed by atoms with Crippen LogP contribution >= 0.6 is 0 Å². The lowest BCUT2D eigenvalue weighted by molar-refractivity contribution is 0.0689. The van der Waals surface area contributed by atoms with Gasteiger partial charge in [0.05, 0.1) is 11.8 Å². The molecule has 0 amide bonds. The normalized spacial score (nSPS) is 19.2. The van der Waals surface area contributed by atoms with Crippen LogP contribution in [0.15, 0.2) is 0 Å². The lowest BCUT2D eigenvalue weighted by atomic mass is 10.1. The summed E-state index contributed by atoms with van der Waals surface area (Å²) in [7, 11) is 0. The molecule has 0 radical (unpaired) electrons. The number of ether oxygens (including phenoxy) is 1. The number of hydrogen-bond donors (Lipinski definition) is 1. The molecule has 1 aromatic heterocycles. The van der Waals surface area contributed by atoms with E-state index < -0.39 is 5.97 Å². The molecule has 2 rings (SSSR count). The summed E-state index contributed by atoms with van der Waals surface area (Å²) in [6, 6.07) is 0. The first-order valence-electron chi connectivity index (χ1n) is 6.85. The Morgan fingerprint density at radius 2 is 2.37 bits per heavy atom. The zero-order chi connectivity index (χ0) is 13.8. The van der Waals surface area contributed by atoms with Crippen LogP contribution in [0.5, 0.6) is 0 Å². The molecule has 1 aliphatic heterocycles. The van der Waals surface area contributed by atoms with Gasteiger partial charge in [0, 0.05) is 13.2 Å². The molecule has 0 bridgehead atoms. The molecular weight excluding hydrogens is 246 g/mol. The van der Waals surface area contributed by atoms with Gasteiger partial charge in [-0.1, -0.05) is 19.1 Å². The highest BCUT2D eigenvalue weighted by molar-refractivity contribution is 5.86. The highest BCUT2D eigenvalue weighted by atomic mass is 16.5. The first kappa shape index (κ1) is 14.0. The van der Waals surface area contributed by atoms with Crippen LogP contribution in [-0.2, 0) is 17.7 Å². The van der Waals surface area contributed by atoms with Crippen molar-refractivity contribution < 1.29 is 14.6 Å². The lowest BCUT2D eigenvalue weighted by Crippen LogP contribution is -2.15. The molecule has 106 valence electrons. The predicted octanol–water partition coefficient (Wildman–Crippen LogP) is 1.74. The highest BCUT2D eigenvalue weighted by Gasteiger charge is 2.21. The summed E-state index contributed by atoms with van der Waals surface area (Å²) in [5, 5.41) is 16.9. The Labute approximate surface area is 112 Å². The van der Waals surface area contributed by atoms with E-state index in [1.165, 1.54) is 0 Å². The fourth-order valence-corrected chi connectivity index (χ4v) is 2.41. The van der Waals surface area contributed by atoms with Crippen LogP contribution in [0.4, 0.5) is 0 Å². The van der Waals surface area contributed by atoms with Crippen molar-refractivity contribution in [2.45, 2.75) is 52.2 Å². The van der Waals surface area contributed by atoms with Crippen LogP contribution in [0, 0.1) is 5.92 Å². The summed E-state index contributed by atoms with van der Waals surface area (Å²) in [6.07, 6.45) is 4.03. The SMILES string of the molecule is CC(C)Cc1c(C(=O)O)nnn1CCC1CCCO1.